The molecule has 64 valence electrons. The van der Waals surface area contributed by atoms with Crippen molar-refractivity contribution in [3.8, 4) is 6.07 Å². The molecule has 0 amide bonds. The Kier molecular flexibility index (Phi) is 1.75. The quantitative estimate of drug-likeness (QED) is 0.657. The number of benzene rings is 1. The summed E-state index contributed by atoms with van der Waals surface area (Å²) in [5.74, 6) is 0. The average Bonchev–Trinajstić information content (AvgIpc) is 2.46. The van der Waals surface area contributed by atoms with Gasteiger partial charge in [0.05, 0.1) is 11.6 Å². The molecule has 2 rings (SSSR count). The van der Waals surface area contributed by atoms with Crippen molar-refractivity contribution in [2.75, 3.05) is 0 Å². The molecule has 0 spiro atoms. The minimum Gasteiger partial charge on any atom is -0.257 e. The molecule has 3 nitrogen and oxygen atoms in total. The fraction of sp³-hybridized carbons (Fsp3) is 0.200. The first-order valence-corrected chi connectivity index (χ1v) is 4.10. The minimum atomic E-state index is 0.313. The van der Waals surface area contributed by atoms with Crippen LogP contribution in [0.1, 0.15) is 5.56 Å². The van der Waals surface area contributed by atoms with E-state index in [1.54, 1.807) is 4.68 Å². The van der Waals surface area contributed by atoms with E-state index in [1.165, 1.54) is 5.56 Å². The van der Waals surface area contributed by atoms with E-state index in [2.05, 4.69) is 17.2 Å². The summed E-state index contributed by atoms with van der Waals surface area (Å²) in [6, 6.07) is 8.12. The summed E-state index contributed by atoms with van der Waals surface area (Å²) in [6.07, 6.45) is 1.89. The second-order valence-corrected chi connectivity index (χ2v) is 3.05. The third kappa shape index (κ3) is 1.38. The summed E-state index contributed by atoms with van der Waals surface area (Å²) in [4.78, 5) is 0. The fourth-order valence-electron chi connectivity index (χ4n) is 1.35. The zero-order valence-corrected chi connectivity index (χ0v) is 7.36. The molecule has 0 N–H and O–H groups in total. The summed E-state index contributed by atoms with van der Waals surface area (Å²) in [5.41, 5.74) is 2.16. The topological polar surface area (TPSA) is 41.6 Å². The first-order chi connectivity index (χ1) is 6.29. The number of hydrogen-bond donors (Lipinski definition) is 0. The molecule has 0 aliphatic rings. The number of hydrogen-bond acceptors (Lipinski definition) is 2. The normalized spacial score (nSPS) is 10.2. The zero-order chi connectivity index (χ0) is 9.26. The van der Waals surface area contributed by atoms with Crippen molar-refractivity contribution in [2.45, 2.75) is 13.5 Å². The van der Waals surface area contributed by atoms with E-state index < -0.39 is 0 Å². The minimum absolute atomic E-state index is 0.313. The van der Waals surface area contributed by atoms with Crippen molar-refractivity contribution in [1.82, 2.24) is 9.78 Å². The Morgan fingerprint density at radius 3 is 3.15 bits per heavy atom. The lowest BCUT2D eigenvalue weighted by Crippen LogP contribution is -1.94. The van der Waals surface area contributed by atoms with Gasteiger partial charge < -0.3 is 0 Å². The number of aryl methyl sites for hydroxylation is 1. The Morgan fingerprint density at radius 2 is 2.38 bits per heavy atom. The van der Waals surface area contributed by atoms with Gasteiger partial charge in [-0.05, 0) is 19.1 Å². The maximum atomic E-state index is 8.49. The number of rotatable bonds is 1. The molecule has 0 aliphatic carbocycles. The van der Waals surface area contributed by atoms with Gasteiger partial charge in [-0.1, -0.05) is 11.6 Å². The van der Waals surface area contributed by atoms with Gasteiger partial charge in [-0.25, -0.2) is 0 Å². The molecule has 0 fully saturated rings. The molecule has 0 saturated carbocycles. The largest absolute Gasteiger partial charge is 0.257 e. The molecular weight excluding hydrogens is 162 g/mol. The highest BCUT2D eigenvalue weighted by Crippen LogP contribution is 2.13. The number of nitriles is 1. The lowest BCUT2D eigenvalue weighted by atomic mass is 10.2. The van der Waals surface area contributed by atoms with E-state index in [4.69, 9.17) is 5.26 Å². The summed E-state index contributed by atoms with van der Waals surface area (Å²) >= 11 is 0. The average molecular weight is 171 g/mol. The van der Waals surface area contributed by atoms with Crippen molar-refractivity contribution in [3.63, 3.8) is 0 Å². The molecule has 0 bridgehead atoms. The van der Waals surface area contributed by atoms with Gasteiger partial charge >= 0.3 is 0 Å². The predicted molar refractivity (Wildman–Crippen MR) is 50.1 cm³/mol. The van der Waals surface area contributed by atoms with Gasteiger partial charge in [0, 0.05) is 11.6 Å². The van der Waals surface area contributed by atoms with Crippen LogP contribution in [0.5, 0.6) is 0 Å². The van der Waals surface area contributed by atoms with Crippen molar-refractivity contribution in [2.24, 2.45) is 0 Å². The van der Waals surface area contributed by atoms with Crippen molar-refractivity contribution >= 4 is 10.9 Å². The first kappa shape index (κ1) is 7.81. The highest BCUT2D eigenvalue weighted by molar-refractivity contribution is 5.78. The molecule has 0 atom stereocenters. The fourth-order valence-corrected chi connectivity index (χ4v) is 1.35. The van der Waals surface area contributed by atoms with Crippen LogP contribution in [-0.2, 0) is 6.54 Å². The van der Waals surface area contributed by atoms with Crippen LogP contribution in [0.2, 0.25) is 0 Å². The van der Waals surface area contributed by atoms with Crippen LogP contribution in [0.4, 0.5) is 0 Å². The SMILES string of the molecule is Cc1ccc2nn(CC#N)cc2c1. The molecule has 0 saturated heterocycles. The summed E-state index contributed by atoms with van der Waals surface area (Å²) < 4.78 is 1.66. The second-order valence-electron chi connectivity index (χ2n) is 3.05. The van der Waals surface area contributed by atoms with Gasteiger partial charge in [-0.15, -0.1) is 0 Å². The molecule has 1 aromatic heterocycles. The van der Waals surface area contributed by atoms with Crippen LogP contribution in [-0.4, -0.2) is 9.78 Å². The second kappa shape index (κ2) is 2.91. The van der Waals surface area contributed by atoms with Crippen LogP contribution >= 0.6 is 0 Å². The Hall–Kier alpha value is -1.82. The number of nitrogens with zero attached hydrogens (tertiary/aromatic N) is 3. The Balaban J connectivity index is 2.57. The Morgan fingerprint density at radius 1 is 1.54 bits per heavy atom. The molecule has 0 radical (unpaired) electrons. The molecule has 0 aliphatic heterocycles. The summed E-state index contributed by atoms with van der Waals surface area (Å²) in [6.45, 7) is 2.36. The summed E-state index contributed by atoms with van der Waals surface area (Å²) in [7, 11) is 0. The molecule has 3 heteroatoms. The van der Waals surface area contributed by atoms with Crippen LogP contribution in [0.15, 0.2) is 24.4 Å². The third-order valence-electron chi connectivity index (χ3n) is 1.94. The Labute approximate surface area is 76.2 Å². The monoisotopic (exact) mass is 171 g/mol. The molecule has 1 aromatic carbocycles. The van der Waals surface area contributed by atoms with Crippen LogP contribution in [0, 0.1) is 18.3 Å². The van der Waals surface area contributed by atoms with Gasteiger partial charge in [0.15, 0.2) is 0 Å². The van der Waals surface area contributed by atoms with Gasteiger partial charge in [-0.3, -0.25) is 4.68 Å². The van der Waals surface area contributed by atoms with Crippen LogP contribution in [0.25, 0.3) is 10.9 Å². The molecule has 2 aromatic rings. The molecular formula is C10H9N3. The maximum absolute atomic E-state index is 8.49. The van der Waals surface area contributed by atoms with Crippen molar-refractivity contribution in [3.05, 3.63) is 30.0 Å². The van der Waals surface area contributed by atoms with Gasteiger partial charge in [0.2, 0.25) is 0 Å². The predicted octanol–water partition coefficient (Wildman–Crippen LogP) is 1.87. The third-order valence-corrected chi connectivity index (χ3v) is 1.94. The smallest absolute Gasteiger partial charge is 0.128 e. The lowest BCUT2D eigenvalue weighted by molar-refractivity contribution is 0.719. The van der Waals surface area contributed by atoms with Crippen LogP contribution < -0.4 is 0 Å². The molecule has 0 unspecified atom stereocenters. The highest BCUT2D eigenvalue weighted by Gasteiger charge is 1.98. The van der Waals surface area contributed by atoms with Crippen molar-refractivity contribution < 1.29 is 0 Å². The van der Waals surface area contributed by atoms with E-state index in [1.807, 2.05) is 25.3 Å². The zero-order valence-electron chi connectivity index (χ0n) is 7.36. The summed E-state index contributed by atoms with van der Waals surface area (Å²) in [5, 5.41) is 13.8. The maximum Gasteiger partial charge on any atom is 0.128 e. The highest BCUT2D eigenvalue weighted by atomic mass is 15.3. The van der Waals surface area contributed by atoms with E-state index in [-0.39, 0.29) is 0 Å². The van der Waals surface area contributed by atoms with E-state index in [9.17, 15) is 0 Å². The van der Waals surface area contributed by atoms with Crippen molar-refractivity contribution in [1.29, 1.82) is 5.26 Å². The Bertz CT molecular complexity index is 476. The first-order valence-electron chi connectivity index (χ1n) is 4.10. The molecule has 13 heavy (non-hydrogen) atoms. The molecule has 1 heterocycles. The van der Waals surface area contributed by atoms with E-state index in [0.29, 0.717) is 6.54 Å². The number of aromatic nitrogens is 2. The van der Waals surface area contributed by atoms with E-state index in [0.717, 1.165) is 10.9 Å². The lowest BCUT2D eigenvalue weighted by Gasteiger charge is -1.88. The standard InChI is InChI=1S/C10H9N3/c1-8-2-3-10-9(6-8)7-13(12-10)5-4-11/h2-3,6-7H,5H2,1H3. The van der Waals surface area contributed by atoms with Gasteiger partial charge in [-0.2, -0.15) is 10.4 Å². The van der Waals surface area contributed by atoms with Gasteiger partial charge in [0.25, 0.3) is 0 Å². The number of fused-ring (bicyclic) bond motifs is 1. The van der Waals surface area contributed by atoms with Crippen LogP contribution in [0.3, 0.4) is 0 Å². The van der Waals surface area contributed by atoms with Gasteiger partial charge in [0.1, 0.15) is 6.54 Å². The van der Waals surface area contributed by atoms with E-state index >= 15 is 0 Å².